The van der Waals surface area contributed by atoms with Gasteiger partial charge in [-0.05, 0) is 34.7 Å². The van der Waals surface area contributed by atoms with Crippen molar-refractivity contribution in [3.63, 3.8) is 0 Å². The van der Waals surface area contributed by atoms with E-state index in [-0.39, 0.29) is 5.41 Å². The molecule has 2 aromatic rings. The van der Waals surface area contributed by atoms with Gasteiger partial charge in [0.1, 0.15) is 18.5 Å². The summed E-state index contributed by atoms with van der Waals surface area (Å²) in [4.78, 5) is 0. The lowest BCUT2D eigenvalue weighted by atomic mass is 9.77. The Labute approximate surface area is 139 Å². The number of rotatable bonds is 6. The molecule has 0 N–H and O–H groups in total. The molecule has 0 aromatic heterocycles. The minimum atomic E-state index is -0.0202. The molecule has 1 aliphatic heterocycles. The number of hydrogen-bond acceptors (Lipinski definition) is 2. The fourth-order valence-electron chi connectivity index (χ4n) is 2.77. The van der Waals surface area contributed by atoms with E-state index in [4.69, 9.17) is 9.47 Å². The molecule has 1 atom stereocenters. The molecule has 122 valence electrons. The van der Waals surface area contributed by atoms with Gasteiger partial charge in [-0.25, -0.2) is 0 Å². The molecule has 2 heteroatoms. The van der Waals surface area contributed by atoms with Crippen LogP contribution in [0.2, 0.25) is 0 Å². The Morgan fingerprint density at radius 1 is 1.00 bits per heavy atom. The molecule has 0 spiro atoms. The predicted octanol–water partition coefficient (Wildman–Crippen LogP) is 4.91. The van der Waals surface area contributed by atoms with Crippen molar-refractivity contribution in [1.82, 2.24) is 0 Å². The van der Waals surface area contributed by atoms with Crippen LogP contribution in [-0.4, -0.2) is 19.3 Å². The van der Waals surface area contributed by atoms with Crippen molar-refractivity contribution < 1.29 is 9.47 Å². The first-order valence-electron chi connectivity index (χ1n) is 8.42. The van der Waals surface area contributed by atoms with Crippen molar-refractivity contribution in [2.45, 2.75) is 45.1 Å². The number of benzene rings is 2. The van der Waals surface area contributed by atoms with E-state index in [1.165, 1.54) is 16.7 Å². The summed E-state index contributed by atoms with van der Waals surface area (Å²) in [6.07, 6.45) is 0.297. The summed E-state index contributed by atoms with van der Waals surface area (Å²) in [5.41, 5.74) is 4.00. The fraction of sp³-hybridized carbons (Fsp3) is 0.429. The van der Waals surface area contributed by atoms with Crippen molar-refractivity contribution in [3.8, 4) is 5.75 Å². The zero-order valence-corrected chi connectivity index (χ0v) is 14.5. The minimum absolute atomic E-state index is 0.0202. The van der Waals surface area contributed by atoms with Crippen molar-refractivity contribution in [2.24, 2.45) is 0 Å². The maximum atomic E-state index is 5.72. The third-order valence-corrected chi connectivity index (χ3v) is 4.71. The smallest absolute Gasteiger partial charge is 0.119 e. The average Bonchev–Trinajstić information content (AvgIpc) is 3.38. The molecule has 0 bridgehead atoms. The van der Waals surface area contributed by atoms with Crippen LogP contribution in [0.5, 0.6) is 5.75 Å². The van der Waals surface area contributed by atoms with Gasteiger partial charge in [0.15, 0.2) is 0 Å². The average molecular weight is 310 g/mol. The van der Waals surface area contributed by atoms with E-state index in [1.54, 1.807) is 0 Å². The van der Waals surface area contributed by atoms with E-state index in [2.05, 4.69) is 76.2 Å². The van der Waals surface area contributed by atoms with Gasteiger partial charge in [0.25, 0.3) is 0 Å². The zero-order valence-electron chi connectivity index (χ0n) is 14.5. The number of epoxide rings is 1. The van der Waals surface area contributed by atoms with Crippen molar-refractivity contribution in [3.05, 3.63) is 65.2 Å². The molecule has 0 radical (unpaired) electrons. The van der Waals surface area contributed by atoms with Crippen molar-refractivity contribution >= 4 is 0 Å². The third-order valence-electron chi connectivity index (χ3n) is 4.71. The van der Waals surface area contributed by atoms with Crippen LogP contribution in [-0.2, 0) is 10.2 Å². The molecule has 3 rings (SSSR count). The van der Waals surface area contributed by atoms with Gasteiger partial charge < -0.3 is 9.47 Å². The molecule has 1 heterocycles. The second-order valence-electron chi connectivity index (χ2n) is 7.19. The van der Waals surface area contributed by atoms with Crippen LogP contribution in [0, 0.1) is 0 Å². The molecule has 23 heavy (non-hydrogen) atoms. The van der Waals surface area contributed by atoms with Gasteiger partial charge in [0.2, 0.25) is 0 Å². The van der Waals surface area contributed by atoms with Crippen LogP contribution in [0.15, 0.2) is 48.5 Å². The van der Waals surface area contributed by atoms with Crippen LogP contribution < -0.4 is 4.74 Å². The van der Waals surface area contributed by atoms with Gasteiger partial charge in [-0.3, -0.25) is 0 Å². The molecule has 1 aliphatic rings. The number of hydrogen-bond donors (Lipinski definition) is 0. The summed E-state index contributed by atoms with van der Waals surface area (Å²) in [5.74, 6) is 1.48. The Hall–Kier alpha value is -1.80. The Kier molecular flexibility index (Phi) is 4.45. The highest BCUT2D eigenvalue weighted by Gasteiger charge is 2.24. The van der Waals surface area contributed by atoms with E-state index in [0.717, 1.165) is 12.4 Å². The van der Waals surface area contributed by atoms with Crippen LogP contribution >= 0.6 is 0 Å². The van der Waals surface area contributed by atoms with E-state index >= 15 is 0 Å². The molecular weight excluding hydrogens is 284 g/mol. The van der Waals surface area contributed by atoms with Gasteiger partial charge >= 0.3 is 0 Å². The molecule has 1 fully saturated rings. The van der Waals surface area contributed by atoms with Crippen molar-refractivity contribution in [2.75, 3.05) is 13.2 Å². The summed E-state index contributed by atoms with van der Waals surface area (Å²) in [6.45, 7) is 10.5. The lowest BCUT2D eigenvalue weighted by molar-refractivity contribution is 0.263. The topological polar surface area (TPSA) is 21.8 Å². The molecule has 2 nitrogen and oxygen atoms in total. The van der Waals surface area contributed by atoms with Crippen LogP contribution in [0.3, 0.4) is 0 Å². The Morgan fingerprint density at radius 3 is 2.00 bits per heavy atom. The molecule has 0 saturated carbocycles. The lowest BCUT2D eigenvalue weighted by Crippen LogP contribution is -2.18. The molecule has 2 aromatic carbocycles. The Morgan fingerprint density at radius 2 is 1.52 bits per heavy atom. The van der Waals surface area contributed by atoms with Gasteiger partial charge in [-0.15, -0.1) is 0 Å². The normalized spacial score (nSPS) is 17.3. The predicted molar refractivity (Wildman–Crippen MR) is 94.3 cm³/mol. The summed E-state index contributed by atoms with van der Waals surface area (Å²) in [5, 5.41) is 0. The largest absolute Gasteiger partial charge is 0.491 e. The van der Waals surface area contributed by atoms with Crippen LogP contribution in [0.4, 0.5) is 0 Å². The standard InChI is InChI=1S/C21H26O2/c1-15(2)16-5-7-17(8-6-16)21(3,4)18-9-11-19(12-10-18)22-13-20-14-23-20/h5-12,15,20H,13-14H2,1-4H3. The molecular formula is C21H26O2. The summed E-state index contributed by atoms with van der Waals surface area (Å²) < 4.78 is 10.9. The maximum absolute atomic E-state index is 5.72. The highest BCUT2D eigenvalue weighted by atomic mass is 16.6. The highest BCUT2D eigenvalue weighted by molar-refractivity contribution is 5.41. The quantitative estimate of drug-likeness (QED) is 0.707. The van der Waals surface area contributed by atoms with Crippen LogP contribution in [0.25, 0.3) is 0 Å². The molecule has 0 amide bonds. The maximum Gasteiger partial charge on any atom is 0.119 e. The van der Waals surface area contributed by atoms with Gasteiger partial charge in [0, 0.05) is 5.41 Å². The lowest BCUT2D eigenvalue weighted by Gasteiger charge is -2.26. The monoisotopic (exact) mass is 310 g/mol. The van der Waals surface area contributed by atoms with E-state index in [0.29, 0.717) is 18.6 Å². The number of ether oxygens (including phenoxy) is 2. The fourth-order valence-corrected chi connectivity index (χ4v) is 2.77. The molecule has 0 aliphatic carbocycles. The highest BCUT2D eigenvalue weighted by Crippen LogP contribution is 2.33. The van der Waals surface area contributed by atoms with Crippen molar-refractivity contribution in [1.29, 1.82) is 0 Å². The summed E-state index contributed by atoms with van der Waals surface area (Å²) in [6, 6.07) is 17.4. The van der Waals surface area contributed by atoms with E-state index < -0.39 is 0 Å². The van der Waals surface area contributed by atoms with E-state index in [1.807, 2.05) is 0 Å². The van der Waals surface area contributed by atoms with Gasteiger partial charge in [-0.2, -0.15) is 0 Å². The second kappa shape index (κ2) is 6.37. The second-order valence-corrected chi connectivity index (χ2v) is 7.19. The first-order valence-corrected chi connectivity index (χ1v) is 8.42. The van der Waals surface area contributed by atoms with Gasteiger partial charge in [-0.1, -0.05) is 64.1 Å². The zero-order chi connectivity index (χ0) is 16.4. The Bertz CT molecular complexity index is 635. The van der Waals surface area contributed by atoms with E-state index in [9.17, 15) is 0 Å². The SMILES string of the molecule is CC(C)c1ccc(C(C)(C)c2ccc(OCC3CO3)cc2)cc1. The molecule has 1 unspecified atom stereocenters. The Balaban J connectivity index is 1.74. The third kappa shape index (κ3) is 3.76. The minimum Gasteiger partial charge on any atom is -0.491 e. The summed E-state index contributed by atoms with van der Waals surface area (Å²) >= 11 is 0. The first kappa shape index (κ1) is 16.1. The van der Waals surface area contributed by atoms with Crippen LogP contribution in [0.1, 0.15) is 50.3 Å². The first-order chi connectivity index (χ1) is 11.0. The summed E-state index contributed by atoms with van der Waals surface area (Å²) in [7, 11) is 0. The molecule has 1 saturated heterocycles. The van der Waals surface area contributed by atoms with Gasteiger partial charge in [0.05, 0.1) is 6.61 Å².